The second kappa shape index (κ2) is 21.3. The highest BCUT2D eigenvalue weighted by Crippen LogP contribution is 2.09. The smallest absolute Gasteiger partial charge is 0.115 e. The van der Waals surface area contributed by atoms with Crippen LogP contribution in [0, 0.1) is 0 Å². The zero-order valence-electron chi connectivity index (χ0n) is 21.1. The van der Waals surface area contributed by atoms with Crippen LogP contribution in [0.15, 0.2) is 91.0 Å². The number of aryl methyl sites for hydroxylation is 2. The van der Waals surface area contributed by atoms with Crippen molar-refractivity contribution < 1.29 is 5.11 Å². The largest absolute Gasteiger partial charge is 0.508 e. The third kappa shape index (κ3) is 17.7. The average molecular weight is 447 g/mol. The van der Waals surface area contributed by atoms with Crippen LogP contribution < -0.4 is 0 Å². The van der Waals surface area contributed by atoms with Gasteiger partial charge in [0.2, 0.25) is 0 Å². The lowest BCUT2D eigenvalue weighted by Crippen LogP contribution is -1.84. The molecule has 0 saturated carbocycles. The molecule has 3 aromatic rings. The van der Waals surface area contributed by atoms with Crippen LogP contribution in [-0.2, 0) is 12.8 Å². The van der Waals surface area contributed by atoms with Gasteiger partial charge >= 0.3 is 0 Å². The highest BCUT2D eigenvalue weighted by atomic mass is 16.3. The van der Waals surface area contributed by atoms with Gasteiger partial charge in [-0.25, -0.2) is 0 Å². The first-order valence-electron chi connectivity index (χ1n) is 13.1. The molecule has 3 aromatic carbocycles. The van der Waals surface area contributed by atoms with Gasteiger partial charge in [0.05, 0.1) is 0 Å². The molecule has 180 valence electrons. The lowest BCUT2D eigenvalue weighted by molar-refractivity contribution is 0.475. The van der Waals surface area contributed by atoms with Crippen LogP contribution in [0.4, 0.5) is 0 Å². The molecule has 0 atom stereocenters. The van der Waals surface area contributed by atoms with Gasteiger partial charge in [-0.1, -0.05) is 144 Å². The molecule has 0 spiro atoms. The summed E-state index contributed by atoms with van der Waals surface area (Å²) in [5, 5.41) is 8.63. The number of aromatic hydroxyl groups is 1. The van der Waals surface area contributed by atoms with Crippen LogP contribution in [0.2, 0.25) is 0 Å². The zero-order chi connectivity index (χ0) is 23.8. The van der Waals surface area contributed by atoms with Gasteiger partial charge < -0.3 is 5.11 Å². The number of hydrogen-bond donors (Lipinski definition) is 1. The van der Waals surface area contributed by atoms with Crippen LogP contribution in [0.3, 0.4) is 0 Å². The highest BCUT2D eigenvalue weighted by Gasteiger charge is 1.92. The van der Waals surface area contributed by atoms with Crippen molar-refractivity contribution in [2.24, 2.45) is 0 Å². The normalized spacial score (nSPS) is 9.88. The summed E-state index contributed by atoms with van der Waals surface area (Å²) in [7, 11) is 0. The van der Waals surface area contributed by atoms with Gasteiger partial charge in [-0.15, -0.1) is 0 Å². The van der Waals surface area contributed by atoms with E-state index in [2.05, 4.69) is 74.5 Å². The molecular formula is C32H46O. The van der Waals surface area contributed by atoms with Crippen molar-refractivity contribution in [1.29, 1.82) is 0 Å². The Morgan fingerprint density at radius 1 is 0.424 bits per heavy atom. The SMILES string of the molecule is CCCCCCCc1ccccc1.CCCCCCCc1ccccc1.Oc1ccccc1. The molecule has 0 amide bonds. The molecule has 0 bridgehead atoms. The van der Waals surface area contributed by atoms with Crippen LogP contribution in [0.5, 0.6) is 5.75 Å². The van der Waals surface area contributed by atoms with Gasteiger partial charge in [-0.3, -0.25) is 0 Å². The Morgan fingerprint density at radius 3 is 1.06 bits per heavy atom. The predicted octanol–water partition coefficient (Wildman–Crippen LogP) is 9.79. The lowest BCUT2D eigenvalue weighted by Gasteiger charge is -2.00. The number of para-hydroxylation sites is 1. The van der Waals surface area contributed by atoms with Gasteiger partial charge in [-0.05, 0) is 48.9 Å². The van der Waals surface area contributed by atoms with E-state index >= 15 is 0 Å². The highest BCUT2D eigenvalue weighted by molar-refractivity contribution is 5.18. The van der Waals surface area contributed by atoms with Crippen molar-refractivity contribution in [1.82, 2.24) is 0 Å². The summed E-state index contributed by atoms with van der Waals surface area (Å²) < 4.78 is 0. The molecule has 1 heteroatoms. The fourth-order valence-electron chi connectivity index (χ4n) is 3.58. The summed E-state index contributed by atoms with van der Waals surface area (Å²) in [6.45, 7) is 4.52. The molecule has 0 aromatic heterocycles. The minimum Gasteiger partial charge on any atom is -0.508 e. The standard InChI is InChI=1S/2C13H20.C6H6O/c2*1-2-3-4-5-7-10-13-11-8-6-9-12-13;7-6-4-2-1-3-5-6/h2*6,8-9,11-12H,2-5,7,10H2,1H3;1-5,7H. The molecule has 0 aliphatic carbocycles. The number of phenolic OH excluding ortho intramolecular Hbond substituents is 1. The van der Waals surface area contributed by atoms with E-state index in [1.165, 1.54) is 88.2 Å². The Balaban J connectivity index is 0.000000259. The first kappa shape index (κ1) is 28.5. The average Bonchev–Trinajstić information content (AvgIpc) is 2.86. The molecule has 0 fully saturated rings. The van der Waals surface area contributed by atoms with Gasteiger partial charge in [-0.2, -0.15) is 0 Å². The summed E-state index contributed by atoms with van der Waals surface area (Å²) >= 11 is 0. The Bertz CT molecular complexity index is 703. The number of phenols is 1. The number of benzene rings is 3. The second-order valence-corrected chi connectivity index (χ2v) is 8.64. The summed E-state index contributed by atoms with van der Waals surface area (Å²) in [5.74, 6) is 0.322. The van der Waals surface area contributed by atoms with Gasteiger partial charge in [0.1, 0.15) is 5.75 Å². The van der Waals surface area contributed by atoms with Crippen molar-refractivity contribution in [3.63, 3.8) is 0 Å². The maximum atomic E-state index is 8.63. The van der Waals surface area contributed by atoms with Crippen molar-refractivity contribution in [2.75, 3.05) is 0 Å². The van der Waals surface area contributed by atoms with Crippen molar-refractivity contribution >= 4 is 0 Å². The number of rotatable bonds is 12. The third-order valence-electron chi connectivity index (χ3n) is 5.58. The van der Waals surface area contributed by atoms with E-state index in [4.69, 9.17) is 5.11 Å². The summed E-state index contributed by atoms with van der Waals surface area (Å²) in [6, 6.07) is 30.3. The maximum Gasteiger partial charge on any atom is 0.115 e. The molecule has 3 rings (SSSR count). The Labute approximate surface area is 203 Å². The minimum atomic E-state index is 0.322. The van der Waals surface area contributed by atoms with Crippen LogP contribution in [0.1, 0.15) is 89.2 Å². The van der Waals surface area contributed by atoms with E-state index < -0.39 is 0 Å². The molecule has 0 saturated heterocycles. The third-order valence-corrected chi connectivity index (χ3v) is 5.58. The van der Waals surface area contributed by atoms with E-state index in [1.54, 1.807) is 24.3 Å². The molecule has 0 aliphatic heterocycles. The van der Waals surface area contributed by atoms with Crippen LogP contribution in [-0.4, -0.2) is 5.11 Å². The number of unbranched alkanes of at least 4 members (excludes halogenated alkanes) is 8. The second-order valence-electron chi connectivity index (χ2n) is 8.64. The summed E-state index contributed by atoms with van der Waals surface area (Å²) in [4.78, 5) is 0. The molecule has 1 N–H and O–H groups in total. The monoisotopic (exact) mass is 446 g/mol. The molecule has 33 heavy (non-hydrogen) atoms. The molecule has 0 radical (unpaired) electrons. The van der Waals surface area contributed by atoms with Crippen LogP contribution >= 0.6 is 0 Å². The predicted molar refractivity (Wildman–Crippen MR) is 146 cm³/mol. The van der Waals surface area contributed by atoms with E-state index in [0.29, 0.717) is 5.75 Å². The van der Waals surface area contributed by atoms with Crippen molar-refractivity contribution in [3.8, 4) is 5.75 Å². The fraction of sp³-hybridized carbons (Fsp3) is 0.438. The molecule has 0 aliphatic rings. The molecule has 1 nitrogen and oxygen atoms in total. The molecular weight excluding hydrogens is 400 g/mol. The Morgan fingerprint density at radius 2 is 0.758 bits per heavy atom. The molecule has 0 unspecified atom stereocenters. The first-order valence-corrected chi connectivity index (χ1v) is 13.1. The van der Waals surface area contributed by atoms with E-state index in [9.17, 15) is 0 Å². The van der Waals surface area contributed by atoms with Crippen LogP contribution in [0.25, 0.3) is 0 Å². The van der Waals surface area contributed by atoms with Crippen molar-refractivity contribution in [3.05, 3.63) is 102 Å². The van der Waals surface area contributed by atoms with Gasteiger partial charge in [0.15, 0.2) is 0 Å². The fourth-order valence-corrected chi connectivity index (χ4v) is 3.58. The van der Waals surface area contributed by atoms with Crippen molar-refractivity contribution in [2.45, 2.75) is 90.9 Å². The Hall–Kier alpha value is -2.54. The zero-order valence-corrected chi connectivity index (χ0v) is 21.1. The summed E-state index contributed by atoms with van der Waals surface area (Å²) in [6.07, 6.45) is 16.3. The Kier molecular flexibility index (Phi) is 18.4. The van der Waals surface area contributed by atoms with E-state index in [-0.39, 0.29) is 0 Å². The topological polar surface area (TPSA) is 20.2 Å². The lowest BCUT2D eigenvalue weighted by atomic mass is 10.1. The summed E-state index contributed by atoms with van der Waals surface area (Å²) in [5.41, 5.74) is 2.97. The van der Waals surface area contributed by atoms with E-state index in [0.717, 1.165) is 0 Å². The van der Waals surface area contributed by atoms with E-state index in [1.807, 2.05) is 6.07 Å². The van der Waals surface area contributed by atoms with Gasteiger partial charge in [0, 0.05) is 0 Å². The quantitative estimate of drug-likeness (QED) is 0.274. The van der Waals surface area contributed by atoms with Gasteiger partial charge in [0.25, 0.3) is 0 Å². The maximum absolute atomic E-state index is 8.63. The number of hydrogen-bond acceptors (Lipinski definition) is 1. The molecule has 0 heterocycles. The minimum absolute atomic E-state index is 0.322. The first-order chi connectivity index (χ1) is 16.3.